The Balaban J connectivity index is 1.57. The van der Waals surface area contributed by atoms with E-state index in [1.165, 1.54) is 5.56 Å². The predicted molar refractivity (Wildman–Crippen MR) is 130 cm³/mol. The predicted octanol–water partition coefficient (Wildman–Crippen LogP) is 2.90. The van der Waals surface area contributed by atoms with Gasteiger partial charge in [-0.15, -0.1) is 0 Å². The average molecular weight is 476 g/mol. The molecule has 1 aliphatic heterocycles. The number of hydrogen-bond acceptors (Lipinski definition) is 6. The number of rotatable bonds is 5. The van der Waals surface area contributed by atoms with E-state index in [1.807, 2.05) is 30.5 Å². The van der Waals surface area contributed by atoms with E-state index >= 15 is 0 Å². The summed E-state index contributed by atoms with van der Waals surface area (Å²) in [7, 11) is 0. The maximum absolute atomic E-state index is 12.4. The summed E-state index contributed by atoms with van der Waals surface area (Å²) >= 11 is 0. The zero-order valence-corrected chi connectivity index (χ0v) is 19.5. The molecule has 4 rings (SSSR count). The lowest BCUT2D eigenvalue weighted by molar-refractivity contribution is -0.135. The van der Waals surface area contributed by atoms with Crippen molar-refractivity contribution < 1.29 is 24.2 Å². The molecule has 0 saturated heterocycles. The molecule has 8 heteroatoms. The molecule has 35 heavy (non-hydrogen) atoms. The number of aliphatic carboxylic acids is 1. The van der Waals surface area contributed by atoms with Crippen molar-refractivity contribution in [2.75, 3.05) is 32.9 Å². The summed E-state index contributed by atoms with van der Waals surface area (Å²) < 4.78 is 11.8. The Morgan fingerprint density at radius 3 is 2.71 bits per heavy atom. The molecule has 3 aromatic rings. The molecule has 0 atom stereocenters. The van der Waals surface area contributed by atoms with Crippen LogP contribution in [0.15, 0.2) is 66.9 Å². The lowest BCUT2D eigenvalue weighted by atomic mass is 9.99. The van der Waals surface area contributed by atoms with Crippen LogP contribution >= 0.6 is 0 Å². The van der Waals surface area contributed by atoms with E-state index in [0.29, 0.717) is 37.6 Å². The smallest absolute Gasteiger partial charge is 0.322 e. The summed E-state index contributed by atoms with van der Waals surface area (Å²) in [6.45, 7) is 3.23. The van der Waals surface area contributed by atoms with Gasteiger partial charge >= 0.3 is 5.97 Å². The maximum atomic E-state index is 12.4. The van der Waals surface area contributed by atoms with Gasteiger partial charge in [0.25, 0.3) is 5.91 Å². The molecule has 2 N–H and O–H groups in total. The summed E-state index contributed by atoms with van der Waals surface area (Å²) in [4.78, 5) is 30.0. The molecular formula is C27H29N3O5. The number of hydrogen-bond donors (Lipinski definition) is 2. The van der Waals surface area contributed by atoms with Crippen LogP contribution in [0.4, 0.5) is 0 Å². The number of carbonyl (C=O) groups excluding carboxylic acids is 1. The molecule has 0 aliphatic carbocycles. The van der Waals surface area contributed by atoms with Crippen LogP contribution in [-0.2, 0) is 29.0 Å². The first-order valence-corrected chi connectivity index (χ1v) is 11.6. The SMILES string of the molecule is O=C(O)CNC(=O)c1ccc2c(c1)Cc1cccc(c1)CN(Cc1ccccn1)CCOCCO2. The highest BCUT2D eigenvalue weighted by molar-refractivity contribution is 5.96. The minimum atomic E-state index is -1.09. The molecule has 182 valence electrons. The number of fused-ring (bicyclic) bond motifs is 3. The zero-order valence-electron chi connectivity index (χ0n) is 19.5. The number of carboxylic acid groups (broad SMARTS) is 1. The fraction of sp³-hybridized carbons (Fsp3) is 0.296. The van der Waals surface area contributed by atoms with Crippen LogP contribution in [0.1, 0.15) is 32.7 Å². The molecule has 0 unspecified atom stereocenters. The van der Waals surface area contributed by atoms with Gasteiger partial charge in [0.15, 0.2) is 0 Å². The van der Waals surface area contributed by atoms with E-state index in [4.69, 9.17) is 14.6 Å². The van der Waals surface area contributed by atoms with Gasteiger partial charge < -0.3 is 19.9 Å². The van der Waals surface area contributed by atoms with Crippen LogP contribution in [0.25, 0.3) is 0 Å². The van der Waals surface area contributed by atoms with Crippen molar-refractivity contribution in [3.63, 3.8) is 0 Å². The molecular weight excluding hydrogens is 446 g/mol. The van der Waals surface area contributed by atoms with Gasteiger partial charge in [-0.2, -0.15) is 0 Å². The van der Waals surface area contributed by atoms with Crippen LogP contribution < -0.4 is 10.1 Å². The minimum absolute atomic E-state index is 0.387. The Morgan fingerprint density at radius 2 is 1.89 bits per heavy atom. The number of amides is 1. The number of carbonyl (C=O) groups is 2. The molecule has 8 nitrogen and oxygen atoms in total. The number of aromatic nitrogens is 1. The highest BCUT2D eigenvalue weighted by Gasteiger charge is 2.14. The molecule has 1 amide bonds. The molecule has 0 saturated carbocycles. The first-order chi connectivity index (χ1) is 17.1. The first kappa shape index (κ1) is 24.4. The normalized spacial score (nSPS) is 14.7. The van der Waals surface area contributed by atoms with E-state index in [2.05, 4.69) is 33.4 Å². The summed E-state index contributed by atoms with van der Waals surface area (Å²) in [5.74, 6) is -0.839. The molecule has 1 aliphatic rings. The Kier molecular flexibility index (Phi) is 8.43. The Bertz CT molecular complexity index is 1150. The highest BCUT2D eigenvalue weighted by atomic mass is 16.5. The third-order valence-corrected chi connectivity index (χ3v) is 5.66. The van der Waals surface area contributed by atoms with Crippen LogP contribution in [0.5, 0.6) is 5.75 Å². The second-order valence-corrected chi connectivity index (χ2v) is 8.39. The third-order valence-electron chi connectivity index (χ3n) is 5.66. The molecule has 2 heterocycles. The highest BCUT2D eigenvalue weighted by Crippen LogP contribution is 2.25. The fourth-order valence-electron chi connectivity index (χ4n) is 4.01. The van der Waals surface area contributed by atoms with E-state index in [1.54, 1.807) is 18.2 Å². The van der Waals surface area contributed by atoms with Crippen molar-refractivity contribution in [1.29, 1.82) is 0 Å². The Labute approximate surface area is 204 Å². The second kappa shape index (κ2) is 12.1. The van der Waals surface area contributed by atoms with Gasteiger partial charge in [0.05, 0.1) is 18.9 Å². The van der Waals surface area contributed by atoms with Gasteiger partial charge in [-0.3, -0.25) is 19.5 Å². The van der Waals surface area contributed by atoms with E-state index in [0.717, 1.165) is 36.5 Å². The van der Waals surface area contributed by atoms with Crippen LogP contribution in [0.2, 0.25) is 0 Å². The van der Waals surface area contributed by atoms with Crippen LogP contribution in [-0.4, -0.2) is 59.8 Å². The lowest BCUT2D eigenvalue weighted by Gasteiger charge is -2.23. The molecule has 0 fully saturated rings. The van der Waals surface area contributed by atoms with Crippen LogP contribution in [0.3, 0.4) is 0 Å². The van der Waals surface area contributed by atoms with Crippen LogP contribution in [0, 0.1) is 0 Å². The Morgan fingerprint density at radius 1 is 1.00 bits per heavy atom. The number of benzene rings is 2. The van der Waals surface area contributed by atoms with Crippen molar-refractivity contribution in [2.24, 2.45) is 0 Å². The summed E-state index contributed by atoms with van der Waals surface area (Å²) in [5.41, 5.74) is 4.53. The molecule has 0 radical (unpaired) electrons. The van der Waals surface area contributed by atoms with Crippen molar-refractivity contribution in [2.45, 2.75) is 19.5 Å². The first-order valence-electron chi connectivity index (χ1n) is 11.6. The summed E-state index contributed by atoms with van der Waals surface area (Å²) in [5, 5.41) is 11.3. The average Bonchev–Trinajstić information content (AvgIpc) is 2.85. The molecule has 0 spiro atoms. The van der Waals surface area contributed by atoms with Crippen molar-refractivity contribution in [3.05, 3.63) is 94.8 Å². The summed E-state index contributed by atoms with van der Waals surface area (Å²) in [6, 6.07) is 19.5. The Hall–Kier alpha value is -3.75. The molecule has 2 bridgehead atoms. The number of nitrogens with one attached hydrogen (secondary N) is 1. The van der Waals surface area contributed by atoms with Crippen molar-refractivity contribution in [1.82, 2.24) is 15.2 Å². The minimum Gasteiger partial charge on any atom is -0.491 e. The van der Waals surface area contributed by atoms with Crippen molar-refractivity contribution >= 4 is 11.9 Å². The topological polar surface area (TPSA) is 101 Å². The van der Waals surface area contributed by atoms with E-state index in [-0.39, 0.29) is 0 Å². The fourth-order valence-corrected chi connectivity index (χ4v) is 4.01. The van der Waals surface area contributed by atoms with Crippen molar-refractivity contribution in [3.8, 4) is 5.75 Å². The number of nitrogens with zero attached hydrogens (tertiary/aromatic N) is 2. The molecule has 2 aromatic carbocycles. The van der Waals surface area contributed by atoms with Gasteiger partial charge in [-0.25, -0.2) is 0 Å². The largest absolute Gasteiger partial charge is 0.491 e. The number of carboxylic acids is 1. The summed E-state index contributed by atoms with van der Waals surface area (Å²) in [6.07, 6.45) is 2.38. The van der Waals surface area contributed by atoms with E-state index < -0.39 is 18.4 Å². The monoisotopic (exact) mass is 475 g/mol. The maximum Gasteiger partial charge on any atom is 0.322 e. The van der Waals surface area contributed by atoms with Gasteiger partial charge in [-0.05, 0) is 47.0 Å². The van der Waals surface area contributed by atoms with Gasteiger partial charge in [-0.1, -0.05) is 30.3 Å². The van der Waals surface area contributed by atoms with Gasteiger partial charge in [0.2, 0.25) is 0 Å². The lowest BCUT2D eigenvalue weighted by Crippen LogP contribution is -2.29. The second-order valence-electron chi connectivity index (χ2n) is 8.39. The van der Waals surface area contributed by atoms with E-state index in [9.17, 15) is 9.59 Å². The zero-order chi connectivity index (χ0) is 24.5. The quantitative estimate of drug-likeness (QED) is 0.585. The standard InChI is InChI=1S/C27H29N3O5/c31-26(32)17-29-27(33)22-7-8-25-23(16-22)15-20-4-3-5-21(14-20)18-30(10-11-34-12-13-35-25)19-24-6-1-2-9-28-24/h1-9,14,16H,10-13,15,17-19H2,(H,29,33)(H,31,32). The molecule has 1 aromatic heterocycles. The number of ether oxygens (including phenoxy) is 2. The third kappa shape index (κ3) is 7.37. The van der Waals surface area contributed by atoms with Gasteiger partial charge in [0, 0.05) is 37.8 Å². The van der Waals surface area contributed by atoms with Gasteiger partial charge in [0.1, 0.15) is 18.9 Å². The number of pyridine rings is 1.